The second-order valence-electron chi connectivity index (χ2n) is 7.30. The van der Waals surface area contributed by atoms with Gasteiger partial charge in [0.25, 0.3) is 0 Å². The van der Waals surface area contributed by atoms with Crippen LogP contribution in [-0.2, 0) is 4.57 Å². The molecule has 0 radical (unpaired) electrons. The van der Waals surface area contributed by atoms with Gasteiger partial charge in [0.1, 0.15) is 11.6 Å². The zero-order valence-electron chi connectivity index (χ0n) is 16.0. The van der Waals surface area contributed by atoms with Gasteiger partial charge in [-0.15, -0.1) is 0 Å². The molecule has 154 valence electrons. The van der Waals surface area contributed by atoms with Crippen LogP contribution < -0.4 is 5.30 Å². The number of hydrogen-bond donors (Lipinski definition) is 2. The molecule has 31 heavy (non-hydrogen) atoms. The molecule has 1 aromatic heterocycles. The standard InChI is InChI=1S/C24H16F2NO3P/c25-17-7-9-21-22-10-8-18(26)14-24(22)27(23(21)13-17)19-5-1-3-15(11-19)16-4-2-6-20(12-16)31(28,29)30/h1-14H,(H2,28,29,30). The highest BCUT2D eigenvalue weighted by Gasteiger charge is 2.18. The summed E-state index contributed by atoms with van der Waals surface area (Å²) in [5.74, 6) is -0.801. The molecule has 0 fully saturated rings. The molecule has 0 aliphatic carbocycles. The van der Waals surface area contributed by atoms with Crippen LogP contribution in [0.4, 0.5) is 8.78 Å². The van der Waals surface area contributed by atoms with Crippen LogP contribution in [0.15, 0.2) is 84.9 Å². The maximum atomic E-state index is 14.1. The molecule has 0 bridgehead atoms. The third-order valence-corrected chi connectivity index (χ3v) is 6.26. The van der Waals surface area contributed by atoms with Crippen molar-refractivity contribution in [3.8, 4) is 16.8 Å². The molecule has 0 aliphatic heterocycles. The molecule has 0 aliphatic rings. The Balaban J connectivity index is 1.76. The van der Waals surface area contributed by atoms with Crippen molar-refractivity contribution in [2.45, 2.75) is 0 Å². The first-order valence-electron chi connectivity index (χ1n) is 9.47. The quantitative estimate of drug-likeness (QED) is 0.366. The first-order valence-corrected chi connectivity index (χ1v) is 11.1. The summed E-state index contributed by atoms with van der Waals surface area (Å²) >= 11 is 0. The van der Waals surface area contributed by atoms with Crippen molar-refractivity contribution in [1.29, 1.82) is 0 Å². The highest BCUT2D eigenvalue weighted by Crippen LogP contribution is 2.36. The summed E-state index contributed by atoms with van der Waals surface area (Å²) in [5, 5.41) is 1.52. The van der Waals surface area contributed by atoms with Gasteiger partial charge in [-0.25, -0.2) is 8.78 Å². The Bertz CT molecular complexity index is 1460. The van der Waals surface area contributed by atoms with Crippen molar-refractivity contribution < 1.29 is 23.1 Å². The molecule has 4 nitrogen and oxygen atoms in total. The van der Waals surface area contributed by atoms with Gasteiger partial charge in [0.2, 0.25) is 0 Å². The molecule has 0 amide bonds. The lowest BCUT2D eigenvalue weighted by Crippen LogP contribution is -2.03. The minimum Gasteiger partial charge on any atom is -0.321 e. The predicted molar refractivity (Wildman–Crippen MR) is 118 cm³/mol. The first-order chi connectivity index (χ1) is 14.8. The van der Waals surface area contributed by atoms with E-state index in [0.29, 0.717) is 22.3 Å². The van der Waals surface area contributed by atoms with Crippen molar-refractivity contribution in [2.75, 3.05) is 0 Å². The molecule has 5 rings (SSSR count). The topological polar surface area (TPSA) is 62.5 Å². The van der Waals surface area contributed by atoms with Gasteiger partial charge in [-0.3, -0.25) is 4.57 Å². The lowest BCUT2D eigenvalue weighted by molar-refractivity contribution is 0.387. The van der Waals surface area contributed by atoms with E-state index in [1.54, 1.807) is 34.9 Å². The zero-order valence-corrected chi connectivity index (χ0v) is 16.9. The van der Waals surface area contributed by atoms with E-state index in [4.69, 9.17) is 0 Å². The monoisotopic (exact) mass is 435 g/mol. The SMILES string of the molecule is O=P(O)(O)c1cccc(-c2cccc(-n3c4cc(F)ccc4c4ccc(F)cc43)c2)c1. The van der Waals surface area contributed by atoms with E-state index < -0.39 is 19.2 Å². The molecule has 0 unspecified atom stereocenters. The fourth-order valence-electron chi connectivity index (χ4n) is 3.93. The minimum atomic E-state index is -4.39. The Morgan fingerprint density at radius 1 is 0.677 bits per heavy atom. The molecule has 0 spiro atoms. The van der Waals surface area contributed by atoms with E-state index in [1.165, 1.54) is 36.4 Å². The number of nitrogens with zero attached hydrogens (tertiary/aromatic N) is 1. The lowest BCUT2D eigenvalue weighted by atomic mass is 10.1. The summed E-state index contributed by atoms with van der Waals surface area (Å²) in [4.78, 5) is 19.0. The van der Waals surface area contributed by atoms with Crippen LogP contribution in [-0.4, -0.2) is 14.4 Å². The number of halogens is 2. The van der Waals surface area contributed by atoms with Crippen LogP contribution in [0.1, 0.15) is 0 Å². The number of fused-ring (bicyclic) bond motifs is 3. The van der Waals surface area contributed by atoms with E-state index in [9.17, 15) is 23.1 Å². The van der Waals surface area contributed by atoms with Gasteiger partial charge >= 0.3 is 7.60 Å². The smallest absolute Gasteiger partial charge is 0.321 e. The van der Waals surface area contributed by atoms with Crippen LogP contribution in [0.25, 0.3) is 38.6 Å². The Hall–Kier alpha value is -3.31. The lowest BCUT2D eigenvalue weighted by Gasteiger charge is -2.11. The molecular weight excluding hydrogens is 419 g/mol. The third-order valence-electron chi connectivity index (χ3n) is 5.31. The molecule has 0 saturated heterocycles. The van der Waals surface area contributed by atoms with Crippen molar-refractivity contribution in [3.05, 3.63) is 96.6 Å². The summed E-state index contributed by atoms with van der Waals surface area (Å²) in [6.07, 6.45) is 0. The fraction of sp³-hybridized carbons (Fsp3) is 0. The van der Waals surface area contributed by atoms with E-state index in [0.717, 1.165) is 16.3 Å². The average molecular weight is 435 g/mol. The summed E-state index contributed by atoms with van der Waals surface area (Å²) in [6, 6.07) is 22.4. The molecular formula is C24H16F2NO3P. The van der Waals surface area contributed by atoms with Gasteiger partial charge in [0.15, 0.2) is 0 Å². The van der Waals surface area contributed by atoms with E-state index in [2.05, 4.69) is 0 Å². The van der Waals surface area contributed by atoms with Crippen molar-refractivity contribution in [3.63, 3.8) is 0 Å². The molecule has 0 saturated carbocycles. The number of rotatable bonds is 3. The van der Waals surface area contributed by atoms with Crippen molar-refractivity contribution >= 4 is 34.7 Å². The van der Waals surface area contributed by atoms with Gasteiger partial charge in [-0.05, 0) is 71.8 Å². The van der Waals surface area contributed by atoms with Gasteiger partial charge in [-0.2, -0.15) is 0 Å². The van der Waals surface area contributed by atoms with E-state index >= 15 is 0 Å². The largest absolute Gasteiger partial charge is 0.356 e. The average Bonchev–Trinajstić information content (AvgIpc) is 3.05. The van der Waals surface area contributed by atoms with E-state index in [1.807, 2.05) is 18.2 Å². The molecule has 2 N–H and O–H groups in total. The Labute approximate surface area is 176 Å². The Kier molecular flexibility index (Phi) is 4.52. The molecule has 1 heterocycles. The molecule has 5 aromatic rings. The van der Waals surface area contributed by atoms with Gasteiger partial charge in [0, 0.05) is 16.5 Å². The zero-order chi connectivity index (χ0) is 21.8. The summed E-state index contributed by atoms with van der Waals surface area (Å²) in [6.45, 7) is 0. The fourth-order valence-corrected chi connectivity index (χ4v) is 4.52. The van der Waals surface area contributed by atoms with Gasteiger partial charge in [-0.1, -0.05) is 24.3 Å². The van der Waals surface area contributed by atoms with Crippen LogP contribution in [0, 0.1) is 11.6 Å². The highest BCUT2D eigenvalue weighted by molar-refractivity contribution is 7.60. The summed E-state index contributed by atoms with van der Waals surface area (Å²) in [7, 11) is -4.39. The third kappa shape index (κ3) is 3.45. The second-order valence-corrected chi connectivity index (χ2v) is 8.91. The summed E-state index contributed by atoms with van der Waals surface area (Å²) < 4.78 is 41.6. The van der Waals surface area contributed by atoms with Gasteiger partial charge < -0.3 is 14.4 Å². The van der Waals surface area contributed by atoms with Crippen LogP contribution in [0.2, 0.25) is 0 Å². The van der Waals surface area contributed by atoms with E-state index in [-0.39, 0.29) is 5.30 Å². The first kappa shape index (κ1) is 19.6. The predicted octanol–water partition coefficient (Wildman–Crippen LogP) is 5.53. The number of benzene rings is 4. The number of aromatic nitrogens is 1. The highest BCUT2D eigenvalue weighted by atomic mass is 31.2. The molecule has 0 atom stereocenters. The van der Waals surface area contributed by atoms with Crippen LogP contribution >= 0.6 is 7.60 Å². The normalized spacial score (nSPS) is 12.0. The number of hydrogen-bond acceptors (Lipinski definition) is 1. The Morgan fingerprint density at radius 2 is 1.23 bits per heavy atom. The summed E-state index contributed by atoms with van der Waals surface area (Å²) in [5.41, 5.74) is 3.22. The maximum Gasteiger partial charge on any atom is 0.356 e. The van der Waals surface area contributed by atoms with Crippen molar-refractivity contribution in [2.24, 2.45) is 0 Å². The Morgan fingerprint density at radius 3 is 1.81 bits per heavy atom. The molecule has 7 heteroatoms. The maximum absolute atomic E-state index is 14.1. The second kappa shape index (κ2) is 7.13. The molecule has 4 aromatic carbocycles. The van der Waals surface area contributed by atoms with Crippen molar-refractivity contribution in [1.82, 2.24) is 4.57 Å². The van der Waals surface area contributed by atoms with Crippen LogP contribution in [0.3, 0.4) is 0 Å². The minimum absolute atomic E-state index is 0.0728. The van der Waals surface area contributed by atoms with Gasteiger partial charge in [0.05, 0.1) is 16.3 Å². The van der Waals surface area contributed by atoms with Crippen LogP contribution in [0.5, 0.6) is 0 Å².